The fourth-order valence-electron chi connectivity index (χ4n) is 13.1. The number of furan rings is 2. The van der Waals surface area contributed by atoms with Crippen LogP contribution >= 0.6 is 11.3 Å². The van der Waals surface area contributed by atoms with E-state index in [4.69, 9.17) is 23.8 Å². The molecule has 0 saturated heterocycles. The molecule has 6 aromatic heterocycles. The van der Waals surface area contributed by atoms with Crippen molar-refractivity contribution in [3.63, 3.8) is 0 Å². The van der Waals surface area contributed by atoms with Gasteiger partial charge in [0.25, 0.3) is 0 Å². The Morgan fingerprint density at radius 2 is 0.675 bits per heavy atom. The first-order valence-corrected chi connectivity index (χ1v) is 28.7. The summed E-state index contributed by atoms with van der Waals surface area (Å²) in [6.45, 7) is 0. The van der Waals surface area contributed by atoms with Gasteiger partial charge in [0, 0.05) is 96.8 Å². The molecule has 0 aliphatic carbocycles. The van der Waals surface area contributed by atoms with Crippen molar-refractivity contribution in [2.45, 2.75) is 0 Å². The van der Waals surface area contributed by atoms with E-state index in [9.17, 15) is 0 Å². The maximum absolute atomic E-state index is 6.46. The van der Waals surface area contributed by atoms with E-state index in [1.165, 1.54) is 52.8 Å². The molecule has 12 aromatic carbocycles. The van der Waals surface area contributed by atoms with Crippen molar-refractivity contribution in [2.24, 2.45) is 0 Å². The van der Waals surface area contributed by atoms with Gasteiger partial charge in [-0.1, -0.05) is 176 Å². The molecule has 18 rings (SSSR count). The van der Waals surface area contributed by atoms with Crippen molar-refractivity contribution >= 4 is 119 Å². The van der Waals surface area contributed by atoms with Crippen molar-refractivity contribution in [1.29, 1.82) is 0 Å². The number of hydrogen-bond donors (Lipinski definition) is 0. The lowest BCUT2D eigenvalue weighted by atomic mass is 9.92. The third-order valence-electron chi connectivity index (χ3n) is 16.8. The van der Waals surface area contributed by atoms with Gasteiger partial charge in [0.1, 0.15) is 22.3 Å². The Morgan fingerprint density at radius 3 is 1.19 bits per heavy atom. The number of thiophene rings is 1. The monoisotopic (exact) mass is 1080 g/mol. The lowest BCUT2D eigenvalue weighted by Crippen LogP contribution is -2.04. The Hall–Kier alpha value is -10.9. The number of hydrogen-bond acceptors (Lipinski definition) is 6. The van der Waals surface area contributed by atoms with Crippen LogP contribution in [0.15, 0.2) is 270 Å². The van der Waals surface area contributed by atoms with Crippen LogP contribution in [-0.2, 0) is 0 Å². The summed E-state index contributed by atoms with van der Waals surface area (Å²) in [5.41, 5.74) is 16.7. The predicted octanol–water partition coefficient (Wildman–Crippen LogP) is 20.6. The first-order chi connectivity index (χ1) is 41.1. The van der Waals surface area contributed by atoms with Gasteiger partial charge in [0.05, 0.1) is 27.8 Å². The van der Waals surface area contributed by atoms with Gasteiger partial charge in [-0.3, -0.25) is 0 Å². The molecule has 7 nitrogen and oxygen atoms in total. The second-order valence-electron chi connectivity index (χ2n) is 21.4. The molecular weight excluding hydrogens is 1030 g/mol. The highest BCUT2D eigenvalue weighted by Gasteiger charge is 2.26. The third kappa shape index (κ3) is 6.94. The van der Waals surface area contributed by atoms with E-state index < -0.39 is 0 Å². The molecular formula is C75H43N5O2S. The lowest BCUT2D eigenvalue weighted by Gasteiger charge is -2.21. The van der Waals surface area contributed by atoms with Crippen LogP contribution in [0.2, 0.25) is 0 Å². The van der Waals surface area contributed by atoms with E-state index >= 15 is 0 Å². The molecule has 0 saturated carbocycles. The summed E-state index contributed by atoms with van der Waals surface area (Å²) in [6.07, 6.45) is 0. The fraction of sp³-hybridized carbons (Fsp3) is 0. The number of fused-ring (bicyclic) bond motifs is 17. The molecule has 6 heterocycles. The number of nitrogens with zero attached hydrogens (tertiary/aromatic N) is 5. The Morgan fingerprint density at radius 1 is 0.277 bits per heavy atom. The van der Waals surface area contributed by atoms with Crippen LogP contribution in [0.5, 0.6) is 0 Å². The molecule has 0 unspecified atom stereocenters. The third-order valence-corrected chi connectivity index (χ3v) is 18.0. The van der Waals surface area contributed by atoms with Gasteiger partial charge in [0.15, 0.2) is 17.5 Å². The highest BCUT2D eigenvalue weighted by molar-refractivity contribution is 7.27. The SMILES string of the molecule is c1ccc(-c2cc(-c3nc(-c4ccc5c(c4)oc4ccccc45)nc(-c4ccc5c(c4)oc4ccccc45)n3)cc(-c3ccccc3)c2-n2c3ccccc3c3c4sc5c(ccc6c5c5ccccc5n6-c5ccccc5)c4ccc32)cc1. The molecule has 0 aliphatic heterocycles. The molecule has 386 valence electrons. The summed E-state index contributed by atoms with van der Waals surface area (Å²) < 4.78 is 20.4. The van der Waals surface area contributed by atoms with Crippen LogP contribution < -0.4 is 0 Å². The number of benzene rings is 12. The molecule has 0 bridgehead atoms. The first-order valence-electron chi connectivity index (χ1n) is 27.9. The molecule has 0 aliphatic rings. The summed E-state index contributed by atoms with van der Waals surface area (Å²) in [7, 11) is 0. The topological polar surface area (TPSA) is 74.8 Å². The van der Waals surface area contributed by atoms with Gasteiger partial charge >= 0.3 is 0 Å². The number of aromatic nitrogens is 5. The Labute approximate surface area is 477 Å². The van der Waals surface area contributed by atoms with Crippen molar-refractivity contribution < 1.29 is 8.83 Å². The van der Waals surface area contributed by atoms with Crippen molar-refractivity contribution in [2.75, 3.05) is 0 Å². The van der Waals surface area contributed by atoms with Gasteiger partial charge < -0.3 is 18.0 Å². The van der Waals surface area contributed by atoms with Gasteiger partial charge in [-0.2, -0.15) is 0 Å². The van der Waals surface area contributed by atoms with E-state index in [0.717, 1.165) is 105 Å². The zero-order valence-electron chi connectivity index (χ0n) is 44.3. The summed E-state index contributed by atoms with van der Waals surface area (Å²) in [6, 6.07) is 92.7. The van der Waals surface area contributed by atoms with E-state index in [1.807, 2.05) is 47.7 Å². The number of para-hydroxylation sites is 5. The van der Waals surface area contributed by atoms with Gasteiger partial charge in [-0.05, 0) is 96.1 Å². The molecule has 0 atom stereocenters. The zero-order chi connectivity index (χ0) is 54.3. The number of rotatable bonds is 7. The average molecular weight is 1080 g/mol. The summed E-state index contributed by atoms with van der Waals surface area (Å²) >= 11 is 1.91. The molecule has 0 radical (unpaired) electrons. The average Bonchev–Trinajstić information content (AvgIpc) is 1.86. The maximum Gasteiger partial charge on any atom is 0.164 e. The van der Waals surface area contributed by atoms with Gasteiger partial charge in [0.2, 0.25) is 0 Å². The normalized spacial score (nSPS) is 12.1. The largest absolute Gasteiger partial charge is 0.456 e. The highest BCUT2D eigenvalue weighted by Crippen LogP contribution is 2.50. The maximum atomic E-state index is 6.46. The Kier molecular flexibility index (Phi) is 9.83. The molecule has 0 fully saturated rings. The van der Waals surface area contributed by atoms with Crippen LogP contribution in [0.3, 0.4) is 0 Å². The van der Waals surface area contributed by atoms with Crippen LogP contribution in [0.25, 0.3) is 175 Å². The van der Waals surface area contributed by atoms with Crippen molar-refractivity contribution in [3.05, 3.63) is 261 Å². The Balaban J connectivity index is 0.903. The molecule has 0 N–H and O–H groups in total. The molecule has 83 heavy (non-hydrogen) atoms. The lowest BCUT2D eigenvalue weighted by molar-refractivity contribution is 0.668. The van der Waals surface area contributed by atoms with E-state index in [1.54, 1.807) is 0 Å². The van der Waals surface area contributed by atoms with Crippen LogP contribution in [0.4, 0.5) is 0 Å². The van der Waals surface area contributed by atoms with E-state index in [0.29, 0.717) is 17.5 Å². The molecule has 0 amide bonds. The second-order valence-corrected chi connectivity index (χ2v) is 22.4. The predicted molar refractivity (Wildman–Crippen MR) is 343 cm³/mol. The van der Waals surface area contributed by atoms with Crippen molar-refractivity contribution in [3.8, 4) is 67.8 Å². The molecule has 8 heteroatoms. The minimum atomic E-state index is 0.528. The summed E-state index contributed by atoms with van der Waals surface area (Å²) in [4.78, 5) is 16.2. The minimum Gasteiger partial charge on any atom is -0.456 e. The van der Waals surface area contributed by atoms with Crippen LogP contribution in [0, 0.1) is 0 Å². The molecule has 18 aromatic rings. The van der Waals surface area contributed by atoms with E-state index in [-0.39, 0.29) is 0 Å². The van der Waals surface area contributed by atoms with Gasteiger partial charge in [-0.15, -0.1) is 11.3 Å². The van der Waals surface area contributed by atoms with Gasteiger partial charge in [-0.25, -0.2) is 15.0 Å². The smallest absolute Gasteiger partial charge is 0.164 e. The fourth-order valence-corrected chi connectivity index (χ4v) is 14.5. The van der Waals surface area contributed by atoms with E-state index in [2.05, 4.69) is 234 Å². The zero-order valence-corrected chi connectivity index (χ0v) is 45.1. The summed E-state index contributed by atoms with van der Waals surface area (Å²) in [5, 5.41) is 11.7. The standard InChI is InChI=1S/C75H43N5O2S/c1-4-18-44(19-5-1)58-40-48(75-77-73(46-32-34-52-50-24-12-16-30-64(50)81-66(52)42-46)76-74(78-75)47-33-35-53-51-25-13-17-31-65(51)82-67(53)43-47)41-59(45-20-6-2-7-21-45)70(58)80-61-29-15-11-27-57(61)69-63(80)39-37-55-54-36-38-62-68(71(54)83-72(55)69)56-26-10-14-28-60(56)79(62)49-22-8-3-9-23-49/h1-43H. The van der Waals surface area contributed by atoms with Crippen LogP contribution in [-0.4, -0.2) is 24.1 Å². The second kappa shape index (κ2) is 17.8. The van der Waals surface area contributed by atoms with Crippen molar-refractivity contribution in [1.82, 2.24) is 24.1 Å². The van der Waals surface area contributed by atoms with Crippen LogP contribution in [0.1, 0.15) is 0 Å². The Bertz CT molecular complexity index is 5500. The summed E-state index contributed by atoms with van der Waals surface area (Å²) in [5.74, 6) is 1.59. The highest BCUT2D eigenvalue weighted by atomic mass is 32.1. The quantitative estimate of drug-likeness (QED) is 0.159. The minimum absolute atomic E-state index is 0.528. The first kappa shape index (κ1) is 45.9. The molecule has 0 spiro atoms.